The molecule has 2 atom stereocenters. The summed E-state index contributed by atoms with van der Waals surface area (Å²) in [5.74, 6) is 1.29. The number of hydrogen-bond donors (Lipinski definition) is 1. The van der Waals surface area contributed by atoms with E-state index >= 15 is 0 Å². The van der Waals surface area contributed by atoms with Gasteiger partial charge in [0, 0.05) is 41.0 Å². The SMILES string of the molecule is CC(C)CCNc1ccc2ccccc2c1C(C)(C/C=C/C=C/C=C/C=C1/N(CCC(C)C)c2ccc3c(c2C1(C)Cc1ccccc1)C=CCC3)Cc1ccccc1. The zero-order chi connectivity index (χ0) is 41.2. The van der Waals surface area contributed by atoms with Crippen LogP contribution in [-0.2, 0) is 30.1 Å². The zero-order valence-corrected chi connectivity index (χ0v) is 36.6. The summed E-state index contributed by atoms with van der Waals surface area (Å²) in [5, 5.41) is 6.51. The lowest BCUT2D eigenvalue weighted by Crippen LogP contribution is -2.32. The fourth-order valence-corrected chi connectivity index (χ4v) is 9.56. The van der Waals surface area contributed by atoms with E-state index in [0.717, 1.165) is 58.0 Å². The predicted octanol–water partition coefficient (Wildman–Crippen LogP) is 14.8. The maximum absolute atomic E-state index is 3.87. The van der Waals surface area contributed by atoms with Crippen molar-refractivity contribution in [2.75, 3.05) is 23.3 Å². The van der Waals surface area contributed by atoms with E-state index in [9.17, 15) is 0 Å². The Balaban J connectivity index is 1.17. The highest BCUT2D eigenvalue weighted by Crippen LogP contribution is 2.53. The maximum atomic E-state index is 3.87. The summed E-state index contributed by atoms with van der Waals surface area (Å²) >= 11 is 0. The van der Waals surface area contributed by atoms with E-state index in [2.05, 4.69) is 216 Å². The highest BCUT2D eigenvalue weighted by Gasteiger charge is 2.45. The van der Waals surface area contributed by atoms with Crippen molar-refractivity contribution in [3.05, 3.63) is 197 Å². The van der Waals surface area contributed by atoms with Crippen molar-refractivity contribution in [2.45, 2.75) is 97.3 Å². The first-order valence-electron chi connectivity index (χ1n) is 22.3. The summed E-state index contributed by atoms with van der Waals surface area (Å²) in [6, 6.07) is 40.4. The minimum absolute atomic E-state index is 0.124. The van der Waals surface area contributed by atoms with Crippen molar-refractivity contribution in [3.63, 3.8) is 0 Å². The van der Waals surface area contributed by atoms with Gasteiger partial charge in [-0.2, -0.15) is 0 Å². The van der Waals surface area contributed by atoms with E-state index in [0.29, 0.717) is 11.8 Å². The molecule has 304 valence electrons. The van der Waals surface area contributed by atoms with Crippen molar-refractivity contribution >= 4 is 28.2 Å². The third-order valence-corrected chi connectivity index (χ3v) is 12.6. The molecule has 1 N–H and O–H groups in total. The summed E-state index contributed by atoms with van der Waals surface area (Å²) in [4.78, 5) is 2.64. The van der Waals surface area contributed by atoms with Crippen LogP contribution >= 0.6 is 0 Å². The quantitative estimate of drug-likeness (QED) is 0.0946. The molecule has 0 fully saturated rings. The molecule has 1 heterocycles. The van der Waals surface area contributed by atoms with Crippen molar-refractivity contribution in [1.29, 1.82) is 0 Å². The molecule has 0 saturated carbocycles. The number of aryl methyl sites for hydroxylation is 1. The van der Waals surface area contributed by atoms with Crippen molar-refractivity contribution in [2.24, 2.45) is 11.8 Å². The van der Waals surface area contributed by atoms with Crippen LogP contribution in [0.25, 0.3) is 16.8 Å². The first-order valence-corrected chi connectivity index (χ1v) is 22.3. The van der Waals surface area contributed by atoms with E-state index in [4.69, 9.17) is 0 Å². The monoisotopic (exact) mass is 779 g/mol. The molecule has 1 aliphatic carbocycles. The number of allylic oxidation sites excluding steroid dienone is 9. The largest absolute Gasteiger partial charge is 0.385 e. The molecule has 0 saturated heterocycles. The average Bonchev–Trinajstić information content (AvgIpc) is 3.47. The topological polar surface area (TPSA) is 15.3 Å². The summed E-state index contributed by atoms with van der Waals surface area (Å²) in [6.07, 6.45) is 28.1. The minimum atomic E-state index is -0.151. The second-order valence-electron chi connectivity index (χ2n) is 18.3. The molecule has 1 aliphatic heterocycles. The van der Waals surface area contributed by atoms with Gasteiger partial charge in [0.25, 0.3) is 0 Å². The van der Waals surface area contributed by atoms with Gasteiger partial charge in [0.05, 0.1) is 0 Å². The Morgan fingerprint density at radius 1 is 0.746 bits per heavy atom. The van der Waals surface area contributed by atoms with Crippen molar-refractivity contribution < 1.29 is 0 Å². The Bertz CT molecular complexity index is 2320. The first-order chi connectivity index (χ1) is 28.7. The maximum Gasteiger partial charge on any atom is 0.0457 e. The van der Waals surface area contributed by atoms with Crippen LogP contribution in [0.15, 0.2) is 163 Å². The lowest BCUT2D eigenvalue weighted by molar-refractivity contribution is 0.480. The van der Waals surface area contributed by atoms with Crippen LogP contribution < -0.4 is 10.2 Å². The second kappa shape index (κ2) is 19.2. The summed E-state index contributed by atoms with van der Waals surface area (Å²) < 4.78 is 0. The Morgan fingerprint density at radius 3 is 2.20 bits per heavy atom. The second-order valence-corrected chi connectivity index (χ2v) is 18.3. The van der Waals surface area contributed by atoms with Crippen LogP contribution in [-0.4, -0.2) is 13.1 Å². The molecule has 0 aromatic heterocycles. The Labute approximate surface area is 356 Å². The number of anilines is 2. The molecular weight excluding hydrogens is 713 g/mol. The number of nitrogens with zero attached hydrogens (tertiary/aromatic N) is 1. The van der Waals surface area contributed by atoms with Gasteiger partial charge in [-0.25, -0.2) is 0 Å². The highest BCUT2D eigenvalue weighted by molar-refractivity contribution is 5.91. The predicted molar refractivity (Wildman–Crippen MR) is 258 cm³/mol. The van der Waals surface area contributed by atoms with E-state index < -0.39 is 0 Å². The van der Waals surface area contributed by atoms with E-state index in [1.807, 2.05) is 0 Å². The van der Waals surface area contributed by atoms with E-state index in [1.54, 1.807) is 0 Å². The number of benzene rings is 5. The normalized spacial score (nSPS) is 18.2. The van der Waals surface area contributed by atoms with Gasteiger partial charge in [-0.15, -0.1) is 0 Å². The van der Waals surface area contributed by atoms with Crippen LogP contribution in [0.4, 0.5) is 11.4 Å². The Morgan fingerprint density at radius 2 is 1.44 bits per heavy atom. The van der Waals surface area contributed by atoms with E-state index in [1.165, 1.54) is 61.2 Å². The number of hydrogen-bond acceptors (Lipinski definition) is 2. The van der Waals surface area contributed by atoms with Crippen LogP contribution in [0.2, 0.25) is 0 Å². The molecule has 0 spiro atoms. The molecule has 0 amide bonds. The van der Waals surface area contributed by atoms with Gasteiger partial charge >= 0.3 is 0 Å². The Kier molecular flexibility index (Phi) is 13.6. The smallest absolute Gasteiger partial charge is 0.0457 e. The van der Waals surface area contributed by atoms with Gasteiger partial charge in [0.2, 0.25) is 0 Å². The number of rotatable bonds is 17. The van der Waals surface area contributed by atoms with Crippen LogP contribution in [0.3, 0.4) is 0 Å². The minimum Gasteiger partial charge on any atom is -0.385 e. The van der Waals surface area contributed by atoms with Gasteiger partial charge in [-0.05, 0) is 126 Å². The molecule has 7 rings (SSSR count). The molecule has 2 nitrogen and oxygen atoms in total. The lowest BCUT2D eigenvalue weighted by Gasteiger charge is -2.33. The summed E-state index contributed by atoms with van der Waals surface area (Å²) in [6.45, 7) is 16.2. The first kappa shape index (κ1) is 41.8. The molecule has 2 heteroatoms. The van der Waals surface area contributed by atoms with Gasteiger partial charge in [-0.3, -0.25) is 0 Å². The molecular formula is C57H66N2. The molecule has 2 aliphatic rings. The summed E-state index contributed by atoms with van der Waals surface area (Å²) in [5.41, 5.74) is 12.4. The average molecular weight is 779 g/mol. The third-order valence-electron chi connectivity index (χ3n) is 12.6. The lowest BCUT2D eigenvalue weighted by atomic mass is 9.72. The van der Waals surface area contributed by atoms with Crippen LogP contribution in [0.1, 0.15) is 101 Å². The van der Waals surface area contributed by atoms with Gasteiger partial charge in [0.15, 0.2) is 0 Å². The standard InChI is InChI=1S/C57H66N2/c1-43(2)36-39-58-51-34-32-47-27-18-20-29-49(47)54(51)56(5,41-45-23-13-11-14-24-45)38-22-10-8-7-9-17-31-53-57(6,42-46-25-15-12-16-26-46)55-50-30-21-19-28-48(50)33-35-52(55)59(53)40-37-44(3)4/h7-18,20-27,29-35,43-44,58H,19,28,36-42H2,1-6H3/b8-7+,17-9+,22-10+,53-31+. The molecule has 0 radical (unpaired) electrons. The Hall–Kier alpha value is -5.34. The molecule has 5 aromatic rings. The molecule has 59 heavy (non-hydrogen) atoms. The summed E-state index contributed by atoms with van der Waals surface area (Å²) in [7, 11) is 0. The molecule has 2 unspecified atom stereocenters. The van der Waals surface area contributed by atoms with Gasteiger partial charge < -0.3 is 10.2 Å². The third kappa shape index (κ3) is 9.76. The molecule has 5 aromatic carbocycles. The van der Waals surface area contributed by atoms with Gasteiger partial charge in [0.1, 0.15) is 0 Å². The number of nitrogens with one attached hydrogen (secondary N) is 1. The van der Waals surface area contributed by atoms with Gasteiger partial charge in [-0.1, -0.05) is 180 Å². The molecule has 0 bridgehead atoms. The fraction of sp³-hybridized carbons (Fsp3) is 0.333. The highest BCUT2D eigenvalue weighted by atomic mass is 15.2. The van der Waals surface area contributed by atoms with Crippen molar-refractivity contribution in [1.82, 2.24) is 0 Å². The zero-order valence-electron chi connectivity index (χ0n) is 36.6. The van der Waals surface area contributed by atoms with E-state index in [-0.39, 0.29) is 10.8 Å². The fourth-order valence-electron chi connectivity index (χ4n) is 9.56. The van der Waals surface area contributed by atoms with Crippen LogP contribution in [0.5, 0.6) is 0 Å². The number of fused-ring (bicyclic) bond motifs is 4. The van der Waals surface area contributed by atoms with Crippen molar-refractivity contribution in [3.8, 4) is 0 Å². The van der Waals surface area contributed by atoms with Crippen LogP contribution in [0, 0.1) is 11.8 Å².